The van der Waals surface area contributed by atoms with Crippen LogP contribution in [0, 0.1) is 17.0 Å². The van der Waals surface area contributed by atoms with Gasteiger partial charge in [0.1, 0.15) is 6.20 Å². The molecule has 2 heterocycles. The monoisotopic (exact) mass is 227 g/mol. The molecule has 5 heteroatoms. The second-order valence-corrected chi connectivity index (χ2v) is 4.00. The van der Waals surface area contributed by atoms with Crippen LogP contribution in [0.5, 0.6) is 0 Å². The van der Waals surface area contributed by atoms with E-state index in [1.807, 2.05) is 25.1 Å². The van der Waals surface area contributed by atoms with Crippen LogP contribution in [0.1, 0.15) is 5.69 Å². The van der Waals surface area contributed by atoms with Crippen LogP contribution in [-0.2, 0) is 0 Å². The number of fused-ring (bicyclic) bond motifs is 3. The first-order chi connectivity index (χ1) is 8.15. The highest BCUT2D eigenvalue weighted by molar-refractivity contribution is 6.05. The second-order valence-electron chi connectivity index (χ2n) is 4.00. The van der Waals surface area contributed by atoms with Crippen molar-refractivity contribution in [2.24, 2.45) is 0 Å². The van der Waals surface area contributed by atoms with Crippen LogP contribution >= 0.6 is 0 Å². The third kappa shape index (κ3) is 1.44. The first-order valence-corrected chi connectivity index (χ1v) is 5.17. The van der Waals surface area contributed by atoms with Crippen molar-refractivity contribution in [2.45, 2.75) is 6.92 Å². The van der Waals surface area contributed by atoms with Crippen LogP contribution in [-0.4, -0.2) is 14.9 Å². The first-order valence-electron chi connectivity index (χ1n) is 5.17. The van der Waals surface area contributed by atoms with Gasteiger partial charge in [0.2, 0.25) is 0 Å². The van der Waals surface area contributed by atoms with Crippen LogP contribution in [0.4, 0.5) is 5.69 Å². The van der Waals surface area contributed by atoms with Gasteiger partial charge in [0.15, 0.2) is 0 Å². The lowest BCUT2D eigenvalue weighted by atomic mass is 10.1. The van der Waals surface area contributed by atoms with Gasteiger partial charge in [0.05, 0.1) is 10.4 Å². The Labute approximate surface area is 96.2 Å². The zero-order valence-electron chi connectivity index (χ0n) is 9.10. The van der Waals surface area contributed by atoms with E-state index >= 15 is 0 Å². The molecule has 3 aromatic rings. The van der Waals surface area contributed by atoms with Crippen LogP contribution in [0.25, 0.3) is 21.8 Å². The Morgan fingerprint density at radius 2 is 2.12 bits per heavy atom. The van der Waals surface area contributed by atoms with Gasteiger partial charge < -0.3 is 4.98 Å². The number of benzene rings is 1. The summed E-state index contributed by atoms with van der Waals surface area (Å²) in [5, 5.41) is 12.5. The fraction of sp³-hybridized carbons (Fsp3) is 0.0833. The zero-order chi connectivity index (χ0) is 12.0. The molecule has 0 spiro atoms. The lowest BCUT2D eigenvalue weighted by Crippen LogP contribution is -1.89. The molecule has 2 aromatic heterocycles. The predicted octanol–water partition coefficient (Wildman–Crippen LogP) is 2.93. The van der Waals surface area contributed by atoms with E-state index in [2.05, 4.69) is 9.97 Å². The molecular formula is C12H9N3O2. The average molecular weight is 227 g/mol. The number of aromatic amines is 1. The molecule has 0 saturated heterocycles. The molecule has 0 atom stereocenters. The van der Waals surface area contributed by atoms with Gasteiger partial charge in [-0.2, -0.15) is 0 Å². The van der Waals surface area contributed by atoms with Crippen LogP contribution in [0.15, 0.2) is 30.5 Å². The molecule has 1 N–H and O–H groups in total. The number of hydrogen-bond acceptors (Lipinski definition) is 3. The summed E-state index contributed by atoms with van der Waals surface area (Å²) in [5.41, 5.74) is 2.78. The van der Waals surface area contributed by atoms with Crippen molar-refractivity contribution in [2.75, 3.05) is 0 Å². The largest absolute Gasteiger partial charge is 0.359 e. The molecule has 0 saturated carbocycles. The maximum Gasteiger partial charge on any atom is 0.288 e. The summed E-state index contributed by atoms with van der Waals surface area (Å²) < 4.78 is 0. The molecule has 0 aliphatic rings. The molecule has 5 nitrogen and oxygen atoms in total. The van der Waals surface area contributed by atoms with Crippen LogP contribution in [0.2, 0.25) is 0 Å². The van der Waals surface area contributed by atoms with Gasteiger partial charge in [-0.15, -0.1) is 0 Å². The minimum Gasteiger partial charge on any atom is -0.359 e. The van der Waals surface area contributed by atoms with Crippen molar-refractivity contribution in [1.82, 2.24) is 9.97 Å². The second kappa shape index (κ2) is 3.28. The molecule has 0 fully saturated rings. The van der Waals surface area contributed by atoms with E-state index in [1.54, 1.807) is 6.07 Å². The summed E-state index contributed by atoms with van der Waals surface area (Å²) in [5.74, 6) is 0. The summed E-state index contributed by atoms with van der Waals surface area (Å²) in [6.07, 6.45) is 1.29. The molecule has 0 radical (unpaired) electrons. The maximum absolute atomic E-state index is 10.7. The van der Waals surface area contributed by atoms with Gasteiger partial charge in [0.25, 0.3) is 5.69 Å². The molecular weight excluding hydrogens is 218 g/mol. The summed E-state index contributed by atoms with van der Waals surface area (Å²) in [6.45, 7) is 1.95. The number of hydrogen-bond donors (Lipinski definition) is 1. The van der Waals surface area contributed by atoms with Crippen molar-refractivity contribution >= 4 is 27.5 Å². The molecule has 17 heavy (non-hydrogen) atoms. The first kappa shape index (κ1) is 9.77. The fourth-order valence-electron chi connectivity index (χ4n) is 2.04. The van der Waals surface area contributed by atoms with Crippen molar-refractivity contribution in [1.29, 1.82) is 0 Å². The number of aryl methyl sites for hydroxylation is 1. The molecule has 3 rings (SSSR count). The van der Waals surface area contributed by atoms with Gasteiger partial charge in [-0.1, -0.05) is 0 Å². The van der Waals surface area contributed by atoms with Gasteiger partial charge in [0, 0.05) is 28.0 Å². The summed E-state index contributed by atoms with van der Waals surface area (Å²) in [7, 11) is 0. The van der Waals surface area contributed by atoms with Gasteiger partial charge in [-0.3, -0.25) is 10.1 Å². The Kier molecular flexibility index (Phi) is 1.89. The molecule has 0 bridgehead atoms. The van der Waals surface area contributed by atoms with Crippen molar-refractivity contribution in [3.8, 4) is 0 Å². The lowest BCUT2D eigenvalue weighted by molar-refractivity contribution is -0.385. The van der Waals surface area contributed by atoms with Gasteiger partial charge >= 0.3 is 0 Å². The van der Waals surface area contributed by atoms with E-state index in [0.29, 0.717) is 0 Å². The molecule has 0 aliphatic carbocycles. The Bertz CT molecular complexity index is 746. The number of pyridine rings is 1. The molecule has 84 valence electrons. The van der Waals surface area contributed by atoms with Crippen molar-refractivity contribution in [3.63, 3.8) is 0 Å². The van der Waals surface area contributed by atoms with Gasteiger partial charge in [-0.05, 0) is 25.1 Å². The van der Waals surface area contributed by atoms with E-state index in [9.17, 15) is 10.1 Å². The summed E-state index contributed by atoms with van der Waals surface area (Å²) in [4.78, 5) is 17.6. The molecule has 0 unspecified atom stereocenters. The van der Waals surface area contributed by atoms with Crippen molar-refractivity contribution < 1.29 is 4.92 Å². The normalized spacial score (nSPS) is 11.1. The Morgan fingerprint density at radius 1 is 1.29 bits per heavy atom. The zero-order valence-corrected chi connectivity index (χ0v) is 9.10. The van der Waals surface area contributed by atoms with E-state index in [-0.39, 0.29) is 5.69 Å². The van der Waals surface area contributed by atoms with E-state index in [0.717, 1.165) is 27.5 Å². The minimum absolute atomic E-state index is 0.0175. The van der Waals surface area contributed by atoms with E-state index < -0.39 is 4.92 Å². The quantitative estimate of drug-likeness (QED) is 0.513. The molecule has 1 aromatic carbocycles. The highest BCUT2D eigenvalue weighted by atomic mass is 16.6. The number of nitrogens with one attached hydrogen (secondary N) is 1. The van der Waals surface area contributed by atoms with E-state index in [1.165, 1.54) is 6.20 Å². The standard InChI is InChI=1S/C12H9N3O2/c1-7-4-9-10-5-8(15(16)17)6-13-11(10)2-3-12(9)14-7/h2-6,14H,1H3. The maximum atomic E-state index is 10.7. The predicted molar refractivity (Wildman–Crippen MR) is 65.0 cm³/mol. The van der Waals surface area contributed by atoms with Crippen LogP contribution < -0.4 is 0 Å². The Morgan fingerprint density at radius 3 is 2.88 bits per heavy atom. The number of H-pyrrole nitrogens is 1. The third-order valence-electron chi connectivity index (χ3n) is 2.80. The van der Waals surface area contributed by atoms with Crippen molar-refractivity contribution in [3.05, 3.63) is 46.3 Å². The van der Waals surface area contributed by atoms with Crippen LogP contribution in [0.3, 0.4) is 0 Å². The number of rotatable bonds is 1. The third-order valence-corrected chi connectivity index (χ3v) is 2.80. The number of nitro groups is 1. The SMILES string of the molecule is Cc1cc2c(ccc3ncc([N+](=O)[O-])cc32)[nH]1. The highest BCUT2D eigenvalue weighted by Gasteiger charge is 2.10. The van der Waals surface area contributed by atoms with E-state index in [4.69, 9.17) is 0 Å². The average Bonchev–Trinajstić information content (AvgIpc) is 2.69. The molecule has 0 aliphatic heterocycles. The van der Waals surface area contributed by atoms with Gasteiger partial charge in [-0.25, -0.2) is 4.98 Å². The lowest BCUT2D eigenvalue weighted by Gasteiger charge is -1.98. The topological polar surface area (TPSA) is 71.8 Å². The number of nitrogens with zero attached hydrogens (tertiary/aromatic N) is 2. The summed E-state index contributed by atoms with van der Waals surface area (Å²) in [6, 6.07) is 7.34. The Balaban J connectivity index is 2.45. The molecule has 0 amide bonds. The number of aromatic nitrogens is 2. The summed E-state index contributed by atoms with van der Waals surface area (Å²) >= 11 is 0. The highest BCUT2D eigenvalue weighted by Crippen LogP contribution is 2.27. The minimum atomic E-state index is -0.426. The Hall–Kier alpha value is -2.43. The smallest absolute Gasteiger partial charge is 0.288 e. The fourth-order valence-corrected chi connectivity index (χ4v) is 2.04.